The van der Waals surface area contributed by atoms with E-state index >= 15 is 0 Å². The van der Waals surface area contributed by atoms with Crippen molar-refractivity contribution < 1.29 is 9.15 Å². The van der Waals surface area contributed by atoms with Crippen molar-refractivity contribution in [1.82, 2.24) is 0 Å². The first-order chi connectivity index (χ1) is 28.9. The van der Waals surface area contributed by atoms with Gasteiger partial charge in [0.1, 0.15) is 17.1 Å². The van der Waals surface area contributed by atoms with Crippen LogP contribution in [-0.4, -0.2) is 0 Å². The topological polar surface area (TPSA) is 25.6 Å². The molecule has 2 bridgehead atoms. The van der Waals surface area contributed by atoms with Crippen LogP contribution in [0.5, 0.6) is 11.5 Å². The maximum atomic E-state index is 6.94. The molecule has 2 heterocycles. The zero-order valence-corrected chi connectivity index (χ0v) is 33.5. The Balaban J connectivity index is 1.02. The van der Waals surface area contributed by atoms with Crippen LogP contribution >= 0.6 is 0 Å². The number of benzene rings is 7. The fraction of sp³-hybridized carbons (Fsp3) is 0.250. The second kappa shape index (κ2) is 11.0. The number of hydrogen-bond acceptors (Lipinski definition) is 3. The second-order valence-electron chi connectivity index (χ2n) is 19.3. The fourth-order valence-corrected chi connectivity index (χ4v) is 14.7. The molecule has 5 aliphatic carbocycles. The highest BCUT2D eigenvalue weighted by atomic mass is 16.5. The Morgan fingerprint density at radius 3 is 1.95 bits per heavy atom. The normalized spacial score (nSPS) is 26.5. The third-order valence-corrected chi connectivity index (χ3v) is 16.8. The highest BCUT2D eigenvalue weighted by Crippen LogP contribution is 2.86. The predicted molar refractivity (Wildman–Crippen MR) is 237 cm³/mol. The smallest absolute Gasteiger partial charge is 0.159 e. The van der Waals surface area contributed by atoms with E-state index in [-0.39, 0.29) is 5.41 Å². The molecule has 6 aliphatic rings. The molecule has 14 rings (SSSR count). The summed E-state index contributed by atoms with van der Waals surface area (Å²) in [6, 6.07) is 58.7. The van der Waals surface area contributed by atoms with Gasteiger partial charge in [-0.25, -0.2) is 0 Å². The summed E-state index contributed by atoms with van der Waals surface area (Å²) >= 11 is 0. The first kappa shape index (κ1) is 32.8. The van der Waals surface area contributed by atoms with Crippen LogP contribution in [0.1, 0.15) is 84.9 Å². The minimum Gasteiger partial charge on any atom is -0.457 e. The van der Waals surface area contributed by atoms with Gasteiger partial charge >= 0.3 is 0 Å². The van der Waals surface area contributed by atoms with Crippen LogP contribution in [0.2, 0.25) is 0 Å². The van der Waals surface area contributed by atoms with Crippen molar-refractivity contribution in [3.8, 4) is 11.5 Å². The molecule has 4 fully saturated rings. The highest BCUT2D eigenvalue weighted by molar-refractivity contribution is 6.10. The van der Waals surface area contributed by atoms with Crippen LogP contribution in [0.4, 0.5) is 17.1 Å². The zero-order valence-electron chi connectivity index (χ0n) is 33.5. The van der Waals surface area contributed by atoms with E-state index in [0.29, 0.717) is 10.8 Å². The SMILES string of the molecule is CC1(C)c2ccccc2C2(c3ccccc3Oc3ccc(N(c4ccc(C56CC7CC8CC(C5)C86C7)cc4)c4cccc5c4oc4ccccc45)cc32)c2ccccc21. The molecular weight excluding hydrogens is 719 g/mol. The van der Waals surface area contributed by atoms with Gasteiger partial charge in [0.05, 0.1) is 11.1 Å². The van der Waals surface area contributed by atoms with Crippen molar-refractivity contribution >= 4 is 39.0 Å². The number of anilines is 3. The van der Waals surface area contributed by atoms with Gasteiger partial charge in [-0.1, -0.05) is 123 Å². The molecule has 8 aromatic rings. The Bertz CT molecular complexity index is 3050. The van der Waals surface area contributed by atoms with Gasteiger partial charge in [-0.05, 0) is 132 Å². The standard InChI is InChI=1S/C56H45NO2/c1-53(2)42-14-4-6-16-44(42)56(45-17-7-5-15-43(45)53)46-18-8-10-21-50(46)58-51-27-26-39(30-47(51)56)57(48-19-11-13-41-40-12-3-9-20-49(40)59-52(41)48)38-24-22-35(23-25-38)54-31-34-28-36-29-37(33-54)55(36,54)32-34/h3-27,30,34,36-37H,28-29,31-33H2,1-2H3. The molecule has 7 aromatic carbocycles. The highest BCUT2D eigenvalue weighted by Gasteiger charge is 2.80. The molecule has 3 nitrogen and oxygen atoms in total. The lowest BCUT2D eigenvalue weighted by atomic mass is 9.31. The first-order valence-electron chi connectivity index (χ1n) is 21.8. The number of fused-ring (bicyclic) bond motifs is 12. The molecule has 0 N–H and O–H groups in total. The van der Waals surface area contributed by atoms with Gasteiger partial charge in [0, 0.05) is 44.1 Å². The number of rotatable bonds is 4. The van der Waals surface area contributed by atoms with Crippen molar-refractivity contribution in [1.29, 1.82) is 0 Å². The molecule has 0 saturated heterocycles. The Kier molecular flexibility index (Phi) is 6.10. The summed E-state index contributed by atoms with van der Waals surface area (Å²) in [6.07, 6.45) is 7.19. The third-order valence-electron chi connectivity index (χ3n) is 16.8. The van der Waals surface area contributed by atoms with E-state index in [2.05, 4.69) is 176 Å². The largest absolute Gasteiger partial charge is 0.457 e. The van der Waals surface area contributed by atoms with Gasteiger partial charge in [-0.15, -0.1) is 0 Å². The van der Waals surface area contributed by atoms with E-state index in [1.165, 1.54) is 59.9 Å². The van der Waals surface area contributed by atoms with Crippen LogP contribution in [0.3, 0.4) is 0 Å². The van der Waals surface area contributed by atoms with Crippen LogP contribution in [0, 0.1) is 23.2 Å². The predicted octanol–water partition coefficient (Wildman–Crippen LogP) is 14.3. The van der Waals surface area contributed by atoms with E-state index in [0.717, 1.165) is 73.8 Å². The number of nitrogens with zero attached hydrogens (tertiary/aromatic N) is 1. The molecule has 1 aromatic heterocycles. The molecular formula is C56H45NO2. The van der Waals surface area contributed by atoms with Crippen molar-refractivity contribution in [2.45, 2.75) is 62.2 Å². The molecule has 5 unspecified atom stereocenters. The van der Waals surface area contributed by atoms with Crippen LogP contribution in [0.15, 0.2) is 162 Å². The van der Waals surface area contributed by atoms with E-state index in [1.807, 2.05) is 0 Å². The summed E-state index contributed by atoms with van der Waals surface area (Å²) < 4.78 is 13.8. The Labute approximate surface area is 345 Å². The van der Waals surface area contributed by atoms with E-state index in [4.69, 9.17) is 9.15 Å². The molecule has 59 heavy (non-hydrogen) atoms. The maximum absolute atomic E-state index is 6.94. The molecule has 3 heteroatoms. The van der Waals surface area contributed by atoms with Gasteiger partial charge < -0.3 is 14.1 Å². The van der Waals surface area contributed by atoms with E-state index in [1.54, 1.807) is 5.56 Å². The molecule has 2 spiro atoms. The quantitative estimate of drug-likeness (QED) is 0.179. The van der Waals surface area contributed by atoms with Gasteiger partial charge in [0.2, 0.25) is 0 Å². The third kappa shape index (κ3) is 3.79. The lowest BCUT2D eigenvalue weighted by Gasteiger charge is -2.73. The summed E-state index contributed by atoms with van der Waals surface area (Å²) in [6.45, 7) is 4.76. The van der Waals surface area contributed by atoms with Crippen molar-refractivity contribution in [3.63, 3.8) is 0 Å². The number of ether oxygens (including phenoxy) is 1. The van der Waals surface area contributed by atoms with Gasteiger partial charge in [-0.3, -0.25) is 0 Å². The second-order valence-corrected chi connectivity index (χ2v) is 19.3. The summed E-state index contributed by atoms with van der Waals surface area (Å²) in [5.41, 5.74) is 14.4. The van der Waals surface area contributed by atoms with Gasteiger partial charge in [0.25, 0.3) is 0 Å². The van der Waals surface area contributed by atoms with E-state index < -0.39 is 5.41 Å². The summed E-state index contributed by atoms with van der Waals surface area (Å²) in [7, 11) is 0. The summed E-state index contributed by atoms with van der Waals surface area (Å²) in [4.78, 5) is 2.44. The monoisotopic (exact) mass is 763 g/mol. The molecule has 286 valence electrons. The lowest BCUT2D eigenvalue weighted by molar-refractivity contribution is -0.198. The van der Waals surface area contributed by atoms with E-state index in [9.17, 15) is 0 Å². The van der Waals surface area contributed by atoms with Crippen LogP contribution in [0.25, 0.3) is 21.9 Å². The fourth-order valence-electron chi connectivity index (χ4n) is 14.7. The Morgan fingerprint density at radius 2 is 1.19 bits per heavy atom. The van der Waals surface area contributed by atoms with Crippen LogP contribution in [-0.2, 0) is 16.2 Å². The maximum Gasteiger partial charge on any atom is 0.159 e. The lowest BCUT2D eigenvalue weighted by Crippen LogP contribution is -2.68. The van der Waals surface area contributed by atoms with Crippen molar-refractivity contribution in [3.05, 3.63) is 197 Å². The van der Waals surface area contributed by atoms with Crippen molar-refractivity contribution in [2.24, 2.45) is 23.2 Å². The molecule has 4 saturated carbocycles. The van der Waals surface area contributed by atoms with Crippen LogP contribution < -0.4 is 9.64 Å². The molecule has 5 atom stereocenters. The zero-order chi connectivity index (χ0) is 38.9. The molecule has 1 aliphatic heterocycles. The minimum atomic E-state index is -0.607. The summed E-state index contributed by atoms with van der Waals surface area (Å²) in [5, 5.41) is 2.26. The Morgan fingerprint density at radius 1 is 0.525 bits per heavy atom. The Hall–Kier alpha value is -6.06. The molecule has 0 radical (unpaired) electrons. The van der Waals surface area contributed by atoms with Crippen molar-refractivity contribution in [2.75, 3.05) is 4.90 Å². The average molecular weight is 764 g/mol. The number of furan rings is 1. The first-order valence-corrected chi connectivity index (χ1v) is 21.8. The minimum absolute atomic E-state index is 0.188. The van der Waals surface area contributed by atoms with Gasteiger partial charge in [-0.2, -0.15) is 0 Å². The van der Waals surface area contributed by atoms with Gasteiger partial charge in [0.15, 0.2) is 5.58 Å². The number of para-hydroxylation sites is 3. The summed E-state index contributed by atoms with van der Waals surface area (Å²) in [5.74, 6) is 4.63. The average Bonchev–Trinajstić information content (AvgIpc) is 3.92. The number of hydrogen-bond donors (Lipinski definition) is 0. The molecule has 0 amide bonds.